The standard InChI is InChI=1S/C8H7N3OS2/c1-6-8(13-11-10-6)14(12)7-4-2-3-5-9-7/h2-5H,1H3/t14-/m0/s1. The molecule has 0 aliphatic rings. The molecule has 0 unspecified atom stereocenters. The summed E-state index contributed by atoms with van der Waals surface area (Å²) in [6.45, 7) is 1.79. The molecular weight excluding hydrogens is 218 g/mol. The molecule has 1 atom stereocenters. The number of hydrogen-bond donors (Lipinski definition) is 0. The second kappa shape index (κ2) is 3.93. The van der Waals surface area contributed by atoms with Crippen LogP contribution in [0.3, 0.4) is 0 Å². The quantitative estimate of drug-likeness (QED) is 0.775. The van der Waals surface area contributed by atoms with Gasteiger partial charge in [-0.15, -0.1) is 5.10 Å². The van der Waals surface area contributed by atoms with Gasteiger partial charge < -0.3 is 0 Å². The van der Waals surface area contributed by atoms with E-state index in [1.54, 1.807) is 25.3 Å². The summed E-state index contributed by atoms with van der Waals surface area (Å²) >= 11 is 1.15. The van der Waals surface area contributed by atoms with E-state index in [-0.39, 0.29) is 0 Å². The Morgan fingerprint density at radius 3 is 2.86 bits per heavy atom. The Morgan fingerprint density at radius 1 is 1.43 bits per heavy atom. The van der Waals surface area contributed by atoms with Crippen molar-refractivity contribution in [2.24, 2.45) is 0 Å². The van der Waals surface area contributed by atoms with Crippen LogP contribution in [-0.2, 0) is 10.8 Å². The van der Waals surface area contributed by atoms with Gasteiger partial charge >= 0.3 is 0 Å². The smallest absolute Gasteiger partial charge is 0.141 e. The highest BCUT2D eigenvalue weighted by Crippen LogP contribution is 2.19. The zero-order chi connectivity index (χ0) is 9.97. The Bertz CT molecular complexity index is 455. The summed E-state index contributed by atoms with van der Waals surface area (Å²) in [6, 6.07) is 5.33. The SMILES string of the molecule is Cc1nnsc1[S@@](=O)c1ccccn1. The van der Waals surface area contributed by atoms with Crippen LogP contribution in [0.2, 0.25) is 0 Å². The molecule has 72 valence electrons. The third-order valence-corrected chi connectivity index (χ3v) is 4.16. The van der Waals surface area contributed by atoms with Crippen LogP contribution in [-0.4, -0.2) is 18.8 Å². The van der Waals surface area contributed by atoms with E-state index in [1.807, 2.05) is 6.07 Å². The fraction of sp³-hybridized carbons (Fsp3) is 0.125. The van der Waals surface area contributed by atoms with Gasteiger partial charge in [0.1, 0.15) is 20.0 Å². The van der Waals surface area contributed by atoms with Gasteiger partial charge in [0.2, 0.25) is 0 Å². The highest BCUT2D eigenvalue weighted by Gasteiger charge is 2.14. The molecule has 14 heavy (non-hydrogen) atoms. The molecule has 0 aliphatic carbocycles. The van der Waals surface area contributed by atoms with E-state index >= 15 is 0 Å². The van der Waals surface area contributed by atoms with E-state index in [1.165, 1.54) is 0 Å². The molecule has 2 rings (SSSR count). The summed E-state index contributed by atoms with van der Waals surface area (Å²) in [5.41, 5.74) is 0.707. The lowest BCUT2D eigenvalue weighted by Crippen LogP contribution is -1.94. The zero-order valence-corrected chi connectivity index (χ0v) is 9.01. The first-order chi connectivity index (χ1) is 6.79. The second-order valence-electron chi connectivity index (χ2n) is 2.58. The van der Waals surface area contributed by atoms with Gasteiger partial charge in [-0.2, -0.15) is 0 Å². The lowest BCUT2D eigenvalue weighted by Gasteiger charge is -1.96. The van der Waals surface area contributed by atoms with E-state index in [9.17, 15) is 4.21 Å². The summed E-state index contributed by atoms with van der Waals surface area (Å²) in [5, 5.41) is 4.35. The zero-order valence-electron chi connectivity index (χ0n) is 7.38. The molecule has 0 radical (unpaired) electrons. The Balaban J connectivity index is 2.39. The lowest BCUT2D eigenvalue weighted by atomic mass is 10.5. The van der Waals surface area contributed by atoms with E-state index in [0.29, 0.717) is 14.9 Å². The first-order valence-electron chi connectivity index (χ1n) is 3.91. The number of nitrogens with zero attached hydrogens (tertiary/aromatic N) is 3. The molecule has 0 fully saturated rings. The molecule has 2 heterocycles. The second-order valence-corrected chi connectivity index (χ2v) is 4.96. The predicted molar refractivity (Wildman–Crippen MR) is 53.6 cm³/mol. The average Bonchev–Trinajstić information content (AvgIpc) is 2.65. The summed E-state index contributed by atoms with van der Waals surface area (Å²) in [5.74, 6) is 0. The molecule has 0 N–H and O–H groups in total. The molecule has 0 amide bonds. The Morgan fingerprint density at radius 2 is 2.29 bits per heavy atom. The van der Waals surface area contributed by atoms with Crippen molar-refractivity contribution >= 4 is 22.3 Å². The molecule has 6 heteroatoms. The number of aryl methyl sites for hydroxylation is 1. The largest absolute Gasteiger partial charge is 0.247 e. The van der Waals surface area contributed by atoms with Crippen LogP contribution in [0.4, 0.5) is 0 Å². The molecule has 0 saturated carbocycles. The van der Waals surface area contributed by atoms with E-state index in [0.717, 1.165) is 11.5 Å². The van der Waals surface area contributed by atoms with E-state index < -0.39 is 10.8 Å². The molecule has 2 aromatic heterocycles. The minimum absolute atomic E-state index is 0.543. The minimum atomic E-state index is -1.24. The van der Waals surface area contributed by atoms with E-state index in [4.69, 9.17) is 0 Å². The molecule has 0 bridgehead atoms. The van der Waals surface area contributed by atoms with Crippen LogP contribution >= 0.6 is 11.5 Å². The van der Waals surface area contributed by atoms with Gasteiger partial charge in [0.05, 0.1) is 5.69 Å². The Kier molecular flexibility index (Phi) is 2.64. The number of pyridine rings is 1. The van der Waals surface area contributed by atoms with Crippen molar-refractivity contribution in [3.63, 3.8) is 0 Å². The number of aromatic nitrogens is 3. The van der Waals surface area contributed by atoms with Gasteiger partial charge in [-0.25, -0.2) is 9.19 Å². The highest BCUT2D eigenvalue weighted by atomic mass is 32.2. The minimum Gasteiger partial charge on any atom is -0.247 e. The van der Waals surface area contributed by atoms with Crippen molar-refractivity contribution in [3.05, 3.63) is 30.1 Å². The summed E-state index contributed by atoms with van der Waals surface area (Å²) in [7, 11) is -1.24. The molecule has 0 aliphatic heterocycles. The van der Waals surface area contributed by atoms with Crippen molar-refractivity contribution < 1.29 is 4.21 Å². The molecule has 0 spiro atoms. The van der Waals surface area contributed by atoms with Gasteiger partial charge in [0.15, 0.2) is 0 Å². The Labute approximate surface area is 87.6 Å². The van der Waals surface area contributed by atoms with Gasteiger partial charge in [0.25, 0.3) is 0 Å². The maximum absolute atomic E-state index is 11.9. The van der Waals surface area contributed by atoms with Crippen LogP contribution in [0.1, 0.15) is 5.69 Å². The van der Waals surface area contributed by atoms with Gasteiger partial charge in [-0.05, 0) is 30.6 Å². The van der Waals surface area contributed by atoms with Crippen molar-refractivity contribution in [3.8, 4) is 0 Å². The summed E-state index contributed by atoms with van der Waals surface area (Å²) < 4.78 is 16.3. The monoisotopic (exact) mass is 225 g/mol. The predicted octanol–water partition coefficient (Wildman–Crippen LogP) is 1.41. The molecule has 2 aromatic rings. The third kappa shape index (κ3) is 1.71. The topological polar surface area (TPSA) is 55.7 Å². The first-order valence-corrected chi connectivity index (χ1v) is 5.83. The highest BCUT2D eigenvalue weighted by molar-refractivity contribution is 7.87. The number of rotatable bonds is 2. The van der Waals surface area contributed by atoms with Gasteiger partial charge in [0, 0.05) is 6.20 Å². The van der Waals surface area contributed by atoms with Gasteiger partial charge in [-0.1, -0.05) is 10.6 Å². The van der Waals surface area contributed by atoms with Crippen LogP contribution in [0, 0.1) is 6.92 Å². The summed E-state index contributed by atoms with van der Waals surface area (Å²) in [4.78, 5) is 4.03. The van der Waals surface area contributed by atoms with Crippen LogP contribution in [0.15, 0.2) is 33.6 Å². The molecular formula is C8H7N3OS2. The van der Waals surface area contributed by atoms with Crippen molar-refractivity contribution in [1.82, 2.24) is 14.6 Å². The fourth-order valence-corrected chi connectivity index (χ4v) is 2.84. The first kappa shape index (κ1) is 9.42. The lowest BCUT2D eigenvalue weighted by molar-refractivity contribution is 0.681. The van der Waals surface area contributed by atoms with Crippen LogP contribution < -0.4 is 0 Å². The molecule has 4 nitrogen and oxygen atoms in total. The Hall–Kier alpha value is -1.14. The maximum atomic E-state index is 11.9. The van der Waals surface area contributed by atoms with Crippen molar-refractivity contribution in [2.75, 3.05) is 0 Å². The third-order valence-electron chi connectivity index (χ3n) is 1.61. The summed E-state index contributed by atoms with van der Waals surface area (Å²) in [6.07, 6.45) is 1.62. The average molecular weight is 225 g/mol. The van der Waals surface area contributed by atoms with E-state index in [2.05, 4.69) is 14.6 Å². The van der Waals surface area contributed by atoms with Crippen LogP contribution in [0.5, 0.6) is 0 Å². The van der Waals surface area contributed by atoms with Crippen molar-refractivity contribution in [1.29, 1.82) is 0 Å². The normalized spacial score (nSPS) is 12.6. The molecule has 0 saturated heterocycles. The number of hydrogen-bond acceptors (Lipinski definition) is 5. The van der Waals surface area contributed by atoms with Crippen molar-refractivity contribution in [2.45, 2.75) is 16.2 Å². The maximum Gasteiger partial charge on any atom is 0.141 e. The molecule has 0 aromatic carbocycles. The van der Waals surface area contributed by atoms with Crippen LogP contribution in [0.25, 0.3) is 0 Å². The van der Waals surface area contributed by atoms with Gasteiger partial charge in [-0.3, -0.25) is 0 Å². The fourth-order valence-electron chi connectivity index (χ4n) is 0.945.